The second-order valence-electron chi connectivity index (χ2n) is 8.40. The number of rotatable bonds is 8. The summed E-state index contributed by atoms with van der Waals surface area (Å²) in [6.45, 7) is 0. The summed E-state index contributed by atoms with van der Waals surface area (Å²) in [7, 11) is 3.34. The van der Waals surface area contributed by atoms with Crippen molar-refractivity contribution in [1.82, 2.24) is 0 Å². The molecule has 0 saturated carbocycles. The van der Waals surface area contributed by atoms with Gasteiger partial charge in [0.1, 0.15) is 0 Å². The van der Waals surface area contributed by atoms with E-state index in [9.17, 15) is 8.78 Å². The van der Waals surface area contributed by atoms with Crippen molar-refractivity contribution in [2.24, 2.45) is 0 Å². The van der Waals surface area contributed by atoms with Crippen LogP contribution in [0.4, 0.5) is 8.78 Å². The number of methoxy groups -OCH3 is 2. The summed E-state index contributed by atoms with van der Waals surface area (Å²) < 4.78 is 43.8. The zero-order chi connectivity index (χ0) is 25.1. The Labute approximate surface area is 222 Å². The monoisotopic (exact) mass is 614 g/mol. The number of ether oxygens (including phenoxy) is 2. The van der Waals surface area contributed by atoms with E-state index < -0.39 is 5.41 Å². The zero-order valence-electron chi connectivity index (χ0n) is 19.8. The van der Waals surface area contributed by atoms with E-state index in [0.717, 1.165) is 29.0 Å². The van der Waals surface area contributed by atoms with Crippen LogP contribution in [0.5, 0.6) is 11.5 Å². The molecular weight excluding hydrogens is 588 g/mol. The summed E-state index contributed by atoms with van der Waals surface area (Å²) in [6.07, 6.45) is 0.823. The first-order valence-electron chi connectivity index (χ1n) is 11.4. The van der Waals surface area contributed by atoms with Crippen molar-refractivity contribution in [2.75, 3.05) is 14.2 Å². The van der Waals surface area contributed by atoms with Crippen LogP contribution in [0.2, 0.25) is 0 Å². The topological polar surface area (TPSA) is 18.5 Å². The Bertz CT molecular complexity index is 1320. The summed E-state index contributed by atoms with van der Waals surface area (Å²) in [4.78, 5) is 0. The Hall–Kier alpha value is -2.88. The van der Waals surface area contributed by atoms with Gasteiger partial charge in [0.25, 0.3) is 0 Å². The Morgan fingerprint density at radius 3 is 1.42 bits per heavy atom. The van der Waals surface area contributed by atoms with Gasteiger partial charge in [0.05, 0.1) is 0 Å². The van der Waals surface area contributed by atoms with Gasteiger partial charge in [-0.15, -0.1) is 0 Å². The molecule has 0 saturated heterocycles. The number of hydrogen-bond acceptors (Lipinski definition) is 2. The second-order valence-corrected chi connectivity index (χ2v) is 13.1. The van der Waals surface area contributed by atoms with Gasteiger partial charge >= 0.3 is 223 Å². The van der Waals surface area contributed by atoms with Crippen LogP contribution < -0.4 is 18.4 Å². The van der Waals surface area contributed by atoms with Gasteiger partial charge in [-0.1, -0.05) is 0 Å². The molecule has 6 heteroatoms. The van der Waals surface area contributed by atoms with E-state index in [1.54, 1.807) is 14.2 Å². The zero-order valence-corrected chi connectivity index (χ0v) is 23.3. The van der Waals surface area contributed by atoms with Gasteiger partial charge in [0.15, 0.2) is 0 Å². The van der Waals surface area contributed by atoms with Crippen LogP contribution in [0, 0.1) is 11.6 Å². The summed E-state index contributed by atoms with van der Waals surface area (Å²) in [5.41, 5.74) is 1.66. The first-order chi connectivity index (χ1) is 17.5. The first kappa shape index (κ1) is 24.8. The van der Waals surface area contributed by atoms with Gasteiger partial charge in [-0.05, 0) is 0 Å². The van der Waals surface area contributed by atoms with Gasteiger partial charge in [0.2, 0.25) is 0 Å². The molecule has 0 bridgehead atoms. The van der Waals surface area contributed by atoms with E-state index in [2.05, 4.69) is 24.3 Å². The molecule has 36 heavy (non-hydrogen) atoms. The molecule has 0 radical (unpaired) electrons. The van der Waals surface area contributed by atoms with Gasteiger partial charge in [-0.2, -0.15) is 0 Å². The Kier molecular flexibility index (Phi) is 7.32. The van der Waals surface area contributed by atoms with E-state index in [4.69, 9.17) is 9.47 Å². The molecule has 1 aliphatic carbocycles. The minimum absolute atomic E-state index is 0.0108. The third-order valence-corrected chi connectivity index (χ3v) is 12.0. The van der Waals surface area contributed by atoms with Crippen LogP contribution in [0.25, 0.3) is 0 Å². The van der Waals surface area contributed by atoms with Crippen LogP contribution in [-0.2, 0) is 5.41 Å². The Morgan fingerprint density at radius 1 is 0.583 bits per heavy atom. The molecule has 0 spiro atoms. The molecule has 182 valence electrons. The van der Waals surface area contributed by atoms with E-state index in [0.29, 0.717) is 0 Å². The fourth-order valence-corrected chi connectivity index (χ4v) is 10.1. The van der Waals surface area contributed by atoms with Gasteiger partial charge in [0, 0.05) is 0 Å². The molecule has 0 fully saturated rings. The number of benzene rings is 4. The molecule has 1 aliphatic rings. The molecular formula is C30H24F2O2Se2. The van der Waals surface area contributed by atoms with Crippen molar-refractivity contribution in [3.05, 3.63) is 129 Å². The van der Waals surface area contributed by atoms with Gasteiger partial charge in [-0.3, -0.25) is 0 Å². The van der Waals surface area contributed by atoms with Crippen molar-refractivity contribution >= 4 is 38.8 Å². The fourth-order valence-electron chi connectivity index (χ4n) is 4.41. The third-order valence-electron chi connectivity index (χ3n) is 6.32. The number of hydrogen-bond donors (Lipinski definition) is 0. The summed E-state index contributed by atoms with van der Waals surface area (Å²) in [5.74, 6) is 1.14. The summed E-state index contributed by atoms with van der Waals surface area (Å²) in [6, 6.07) is 30.0. The minimum atomic E-state index is -0.412. The molecule has 0 aliphatic heterocycles. The third kappa shape index (κ3) is 4.87. The predicted octanol–water partition coefficient (Wildman–Crippen LogP) is 4.94. The predicted molar refractivity (Wildman–Crippen MR) is 142 cm³/mol. The SMILES string of the molecule is COc1ccc([Se]C2=C([Se]c3ccc(OC)cc3)C(c3ccc(F)cc3)(c3ccc(F)cc3)C2)cc1. The normalized spacial score (nSPS) is 14.3. The van der Waals surface area contributed by atoms with Crippen molar-refractivity contribution in [1.29, 1.82) is 0 Å². The molecule has 0 N–H and O–H groups in total. The van der Waals surface area contributed by atoms with Crippen molar-refractivity contribution in [3.8, 4) is 11.5 Å². The van der Waals surface area contributed by atoms with E-state index in [1.165, 1.54) is 42.1 Å². The molecule has 0 unspecified atom stereocenters. The number of allylic oxidation sites excluding steroid dienone is 2. The Balaban J connectivity index is 1.62. The molecule has 0 amide bonds. The molecule has 5 rings (SSSR count). The molecule has 0 heterocycles. The van der Waals surface area contributed by atoms with Crippen molar-refractivity contribution < 1.29 is 18.3 Å². The summed E-state index contributed by atoms with van der Waals surface area (Å²) >= 11 is 0.135. The van der Waals surface area contributed by atoms with Crippen molar-refractivity contribution in [3.63, 3.8) is 0 Å². The van der Waals surface area contributed by atoms with Crippen LogP contribution in [0.1, 0.15) is 17.5 Å². The Morgan fingerprint density at radius 2 is 1.00 bits per heavy atom. The fraction of sp³-hybridized carbons (Fsp3) is 0.133. The van der Waals surface area contributed by atoms with E-state index in [1.807, 2.05) is 48.5 Å². The standard InChI is InChI=1S/C30H24F2O2Se2/c1-33-24-11-15-26(16-12-24)35-28-19-30(20-3-7-22(31)8-4-20,21-5-9-23(32)10-6-21)29(28)36-27-17-13-25(34-2)14-18-27/h3-18H,19H2,1-2H3. The molecule has 2 nitrogen and oxygen atoms in total. The number of halogens is 2. The average Bonchev–Trinajstić information content (AvgIpc) is 2.91. The maximum absolute atomic E-state index is 13.9. The van der Waals surface area contributed by atoms with Crippen LogP contribution >= 0.6 is 0 Å². The molecule has 4 aromatic rings. The first-order valence-corrected chi connectivity index (χ1v) is 14.8. The van der Waals surface area contributed by atoms with Crippen LogP contribution in [0.15, 0.2) is 106 Å². The molecule has 0 atom stereocenters. The molecule has 4 aromatic carbocycles. The molecule has 0 aromatic heterocycles. The van der Waals surface area contributed by atoms with Gasteiger partial charge < -0.3 is 0 Å². The van der Waals surface area contributed by atoms with E-state index >= 15 is 0 Å². The quantitative estimate of drug-likeness (QED) is 0.263. The van der Waals surface area contributed by atoms with E-state index in [-0.39, 0.29) is 41.5 Å². The average molecular weight is 612 g/mol. The van der Waals surface area contributed by atoms with Crippen molar-refractivity contribution in [2.45, 2.75) is 11.8 Å². The van der Waals surface area contributed by atoms with Gasteiger partial charge in [-0.25, -0.2) is 0 Å². The maximum atomic E-state index is 13.9. The van der Waals surface area contributed by atoms with Crippen LogP contribution in [0.3, 0.4) is 0 Å². The summed E-state index contributed by atoms with van der Waals surface area (Å²) in [5, 5.41) is 0. The second kappa shape index (κ2) is 10.6. The van der Waals surface area contributed by atoms with Crippen LogP contribution in [-0.4, -0.2) is 44.1 Å².